The third kappa shape index (κ3) is 1.56. The molecule has 1 aromatic carbocycles. The summed E-state index contributed by atoms with van der Waals surface area (Å²) in [5, 5.41) is 6.05. The third-order valence-corrected chi connectivity index (χ3v) is 3.13. The number of hydrogen-bond acceptors (Lipinski definition) is 2. The van der Waals surface area contributed by atoms with Gasteiger partial charge in [-0.15, -0.1) is 0 Å². The zero-order chi connectivity index (χ0) is 10.1. The fourth-order valence-corrected chi connectivity index (χ4v) is 2.00. The predicted molar refractivity (Wildman–Crippen MR) is 63.0 cm³/mol. The monoisotopic (exact) mass is 198 g/mol. The summed E-state index contributed by atoms with van der Waals surface area (Å²) in [6.07, 6.45) is 7.80. The van der Waals surface area contributed by atoms with Gasteiger partial charge in [-0.3, -0.25) is 4.98 Å². The zero-order valence-electron chi connectivity index (χ0n) is 8.61. The van der Waals surface area contributed by atoms with E-state index >= 15 is 0 Å². The molecule has 1 aliphatic rings. The lowest BCUT2D eigenvalue weighted by atomic mass is 9.93. The van der Waals surface area contributed by atoms with Gasteiger partial charge in [-0.1, -0.05) is 24.3 Å². The summed E-state index contributed by atoms with van der Waals surface area (Å²) in [7, 11) is 0. The highest BCUT2D eigenvalue weighted by Crippen LogP contribution is 2.27. The van der Waals surface area contributed by atoms with Crippen molar-refractivity contribution in [2.24, 2.45) is 0 Å². The molecule has 1 fully saturated rings. The highest BCUT2D eigenvalue weighted by molar-refractivity contribution is 5.92. The lowest BCUT2D eigenvalue weighted by Gasteiger charge is -2.27. The molecule has 15 heavy (non-hydrogen) atoms. The summed E-state index contributed by atoms with van der Waals surface area (Å²) in [4.78, 5) is 4.26. The van der Waals surface area contributed by atoms with E-state index < -0.39 is 0 Å². The van der Waals surface area contributed by atoms with Gasteiger partial charge >= 0.3 is 0 Å². The van der Waals surface area contributed by atoms with Crippen molar-refractivity contribution in [3.05, 3.63) is 36.7 Å². The van der Waals surface area contributed by atoms with E-state index in [1.807, 2.05) is 12.4 Å². The Labute approximate surface area is 89.3 Å². The Morgan fingerprint density at radius 1 is 1.13 bits per heavy atom. The fourth-order valence-electron chi connectivity index (χ4n) is 2.00. The van der Waals surface area contributed by atoms with Gasteiger partial charge in [0.15, 0.2) is 0 Å². The van der Waals surface area contributed by atoms with Crippen molar-refractivity contribution in [3.63, 3.8) is 0 Å². The normalized spacial score (nSPS) is 16.3. The first-order valence-electron chi connectivity index (χ1n) is 5.53. The number of anilines is 1. The zero-order valence-corrected chi connectivity index (χ0v) is 8.61. The van der Waals surface area contributed by atoms with Crippen LogP contribution in [0.4, 0.5) is 5.69 Å². The van der Waals surface area contributed by atoms with Crippen molar-refractivity contribution in [1.29, 1.82) is 0 Å². The number of benzene rings is 1. The average Bonchev–Trinajstić information content (AvgIpc) is 2.23. The fraction of sp³-hybridized carbons (Fsp3) is 0.308. The SMILES string of the molecule is c1ccc2c(NC3CCC3)cncc2c1. The molecule has 0 saturated heterocycles. The number of rotatable bonds is 2. The summed E-state index contributed by atoms with van der Waals surface area (Å²) in [5.74, 6) is 0. The van der Waals surface area contributed by atoms with Crippen molar-refractivity contribution >= 4 is 16.5 Å². The van der Waals surface area contributed by atoms with E-state index in [0.29, 0.717) is 6.04 Å². The van der Waals surface area contributed by atoms with Crippen molar-refractivity contribution in [2.75, 3.05) is 5.32 Å². The molecule has 0 unspecified atom stereocenters. The maximum Gasteiger partial charge on any atom is 0.0608 e. The van der Waals surface area contributed by atoms with Crippen LogP contribution in [-0.2, 0) is 0 Å². The van der Waals surface area contributed by atoms with E-state index in [1.165, 1.54) is 35.7 Å². The van der Waals surface area contributed by atoms with Gasteiger partial charge in [0.05, 0.1) is 11.9 Å². The van der Waals surface area contributed by atoms with Crippen LogP contribution in [0.15, 0.2) is 36.7 Å². The van der Waals surface area contributed by atoms with E-state index in [2.05, 4.69) is 34.6 Å². The minimum atomic E-state index is 0.664. The van der Waals surface area contributed by atoms with Crippen LogP contribution >= 0.6 is 0 Å². The third-order valence-electron chi connectivity index (χ3n) is 3.13. The Morgan fingerprint density at radius 2 is 2.00 bits per heavy atom. The van der Waals surface area contributed by atoms with E-state index in [-0.39, 0.29) is 0 Å². The number of nitrogens with one attached hydrogen (secondary N) is 1. The molecule has 2 aromatic rings. The number of hydrogen-bond donors (Lipinski definition) is 1. The molecule has 0 spiro atoms. The molecule has 3 rings (SSSR count). The first-order chi connectivity index (χ1) is 7.43. The van der Waals surface area contributed by atoms with Crippen LogP contribution in [0.5, 0.6) is 0 Å². The van der Waals surface area contributed by atoms with Crippen molar-refractivity contribution in [2.45, 2.75) is 25.3 Å². The first kappa shape index (κ1) is 8.72. The smallest absolute Gasteiger partial charge is 0.0608 e. The number of pyridine rings is 1. The van der Waals surface area contributed by atoms with Gasteiger partial charge in [0.1, 0.15) is 0 Å². The second kappa shape index (κ2) is 3.54. The maximum atomic E-state index is 4.26. The Kier molecular flexibility index (Phi) is 2.05. The highest BCUT2D eigenvalue weighted by atomic mass is 14.9. The standard InChI is InChI=1S/C13H14N2/c1-2-7-12-10(4-1)8-14-9-13(12)15-11-5-3-6-11/h1-2,4,7-9,11,15H,3,5-6H2. The molecule has 0 bridgehead atoms. The molecule has 2 nitrogen and oxygen atoms in total. The maximum absolute atomic E-state index is 4.26. The molecule has 0 amide bonds. The molecule has 1 saturated carbocycles. The van der Waals surface area contributed by atoms with Crippen LogP contribution in [0.1, 0.15) is 19.3 Å². The second-order valence-electron chi connectivity index (χ2n) is 4.18. The van der Waals surface area contributed by atoms with Gasteiger partial charge in [0.25, 0.3) is 0 Å². The molecular weight excluding hydrogens is 184 g/mol. The van der Waals surface area contributed by atoms with Gasteiger partial charge in [-0.05, 0) is 19.3 Å². The van der Waals surface area contributed by atoms with E-state index in [0.717, 1.165) is 0 Å². The molecule has 0 atom stereocenters. The summed E-state index contributed by atoms with van der Waals surface area (Å²) < 4.78 is 0. The van der Waals surface area contributed by atoms with Crippen LogP contribution in [-0.4, -0.2) is 11.0 Å². The van der Waals surface area contributed by atoms with Gasteiger partial charge in [0.2, 0.25) is 0 Å². The van der Waals surface area contributed by atoms with Gasteiger partial charge in [-0.25, -0.2) is 0 Å². The molecule has 1 heterocycles. The summed E-state index contributed by atoms with van der Waals surface area (Å²) in [5.41, 5.74) is 1.18. The summed E-state index contributed by atoms with van der Waals surface area (Å²) in [6, 6.07) is 9.05. The molecule has 1 N–H and O–H groups in total. The molecule has 1 aromatic heterocycles. The van der Waals surface area contributed by atoms with Gasteiger partial charge in [0, 0.05) is 23.0 Å². The Hall–Kier alpha value is -1.57. The quantitative estimate of drug-likeness (QED) is 0.801. The molecule has 2 heteroatoms. The largest absolute Gasteiger partial charge is 0.381 e. The van der Waals surface area contributed by atoms with Crippen molar-refractivity contribution < 1.29 is 0 Å². The number of nitrogens with zero attached hydrogens (tertiary/aromatic N) is 1. The van der Waals surface area contributed by atoms with Crippen LogP contribution in [0.3, 0.4) is 0 Å². The molecule has 0 aliphatic heterocycles. The number of aromatic nitrogens is 1. The molecule has 0 radical (unpaired) electrons. The van der Waals surface area contributed by atoms with E-state index in [1.54, 1.807) is 0 Å². The van der Waals surface area contributed by atoms with E-state index in [4.69, 9.17) is 0 Å². The Balaban J connectivity index is 2.01. The van der Waals surface area contributed by atoms with Gasteiger partial charge < -0.3 is 5.32 Å². The van der Waals surface area contributed by atoms with E-state index in [9.17, 15) is 0 Å². The van der Waals surface area contributed by atoms with Gasteiger partial charge in [-0.2, -0.15) is 0 Å². The number of fused-ring (bicyclic) bond motifs is 1. The van der Waals surface area contributed by atoms with Crippen LogP contribution in [0.2, 0.25) is 0 Å². The van der Waals surface area contributed by atoms with Crippen LogP contribution in [0.25, 0.3) is 10.8 Å². The van der Waals surface area contributed by atoms with Crippen molar-refractivity contribution in [3.8, 4) is 0 Å². The molecule has 1 aliphatic carbocycles. The average molecular weight is 198 g/mol. The lowest BCUT2D eigenvalue weighted by molar-refractivity contribution is 0.446. The van der Waals surface area contributed by atoms with Crippen molar-refractivity contribution in [1.82, 2.24) is 4.98 Å². The van der Waals surface area contributed by atoms with Crippen LogP contribution in [0, 0.1) is 0 Å². The topological polar surface area (TPSA) is 24.9 Å². The Morgan fingerprint density at radius 3 is 2.80 bits per heavy atom. The first-order valence-corrected chi connectivity index (χ1v) is 5.53. The second-order valence-corrected chi connectivity index (χ2v) is 4.18. The highest BCUT2D eigenvalue weighted by Gasteiger charge is 2.17. The minimum absolute atomic E-state index is 0.664. The minimum Gasteiger partial charge on any atom is -0.381 e. The Bertz CT molecular complexity index is 469. The summed E-state index contributed by atoms with van der Waals surface area (Å²) in [6.45, 7) is 0. The molecule has 76 valence electrons. The lowest BCUT2D eigenvalue weighted by Crippen LogP contribution is -2.27. The summed E-state index contributed by atoms with van der Waals surface area (Å²) >= 11 is 0. The van der Waals surface area contributed by atoms with Crippen LogP contribution < -0.4 is 5.32 Å². The predicted octanol–water partition coefficient (Wildman–Crippen LogP) is 3.20. The molecular formula is C13H14N2.